The minimum Gasteiger partial charge on any atom is -0.374 e. The summed E-state index contributed by atoms with van der Waals surface area (Å²) in [5.41, 5.74) is -2.25. The lowest BCUT2D eigenvalue weighted by atomic mass is 9.86. The lowest BCUT2D eigenvalue weighted by Crippen LogP contribution is -2.42. The highest BCUT2D eigenvalue weighted by molar-refractivity contribution is 9.10. The fraction of sp³-hybridized carbons (Fsp3) is 0.333. The molecule has 11 heteroatoms. The number of rotatable bonds is 6. The third kappa shape index (κ3) is 4.90. The molecule has 2 aliphatic rings. The van der Waals surface area contributed by atoms with E-state index in [1.54, 1.807) is 18.2 Å². The molecule has 170 valence electrons. The van der Waals surface area contributed by atoms with Gasteiger partial charge in [0.15, 0.2) is 0 Å². The van der Waals surface area contributed by atoms with Crippen LogP contribution in [0, 0.1) is 5.92 Å². The number of halogens is 6. The second-order valence-electron chi connectivity index (χ2n) is 7.54. The van der Waals surface area contributed by atoms with Gasteiger partial charge in [0, 0.05) is 42.9 Å². The molecule has 4 nitrogen and oxygen atoms in total. The average molecular weight is 568 g/mol. The number of thioether (sulfide) groups is 1. The molecule has 0 bridgehead atoms. The summed E-state index contributed by atoms with van der Waals surface area (Å²) >= 11 is 16.7. The fourth-order valence-corrected chi connectivity index (χ4v) is 5.30. The molecular formula is C21H16BrCl2F3N2O2S. The number of hydrogen-bond acceptors (Lipinski definition) is 4. The van der Waals surface area contributed by atoms with Gasteiger partial charge < -0.3 is 10.2 Å². The van der Waals surface area contributed by atoms with Crippen molar-refractivity contribution in [3.05, 3.63) is 62.0 Å². The van der Waals surface area contributed by atoms with Gasteiger partial charge in [0.1, 0.15) is 0 Å². The highest BCUT2D eigenvalue weighted by atomic mass is 79.9. The number of hydrogen-bond donors (Lipinski definition) is 1. The Balaban J connectivity index is 1.51. The average Bonchev–Trinajstić information content (AvgIpc) is 3.45. The number of benzene rings is 2. The molecule has 0 radical (unpaired) electrons. The largest absolute Gasteiger partial charge is 0.435 e. The normalized spacial score (nSPS) is 20.6. The van der Waals surface area contributed by atoms with Crippen molar-refractivity contribution in [2.24, 2.45) is 11.1 Å². The Kier molecular flexibility index (Phi) is 6.73. The second-order valence-corrected chi connectivity index (χ2v) is 10.3. The topological polar surface area (TPSA) is 50.7 Å². The molecule has 2 aromatic rings. The van der Waals surface area contributed by atoms with E-state index in [-0.39, 0.29) is 33.1 Å². The first-order chi connectivity index (χ1) is 15.1. The van der Waals surface area contributed by atoms with Crippen molar-refractivity contribution in [1.29, 1.82) is 0 Å². The van der Waals surface area contributed by atoms with Crippen LogP contribution in [-0.4, -0.2) is 23.7 Å². The van der Waals surface area contributed by atoms with E-state index in [2.05, 4.69) is 26.4 Å². The standard InChI is InChI=1S/C21H16BrCl2F3N2O2S/c22-16-5-12(3-4-18(16)32-10-28-19(30)11-1-2-11)17-9-20(31-29-17,21(25,26)27)13-6-14(23)8-15(24)7-13/h3-8,11H,1-2,9-10H2,(H,28,30). The predicted molar refractivity (Wildman–Crippen MR) is 122 cm³/mol. The van der Waals surface area contributed by atoms with E-state index in [1.165, 1.54) is 30.0 Å². The maximum atomic E-state index is 14.1. The first kappa shape index (κ1) is 23.7. The third-order valence-corrected chi connectivity index (χ3v) is 7.51. The summed E-state index contributed by atoms with van der Waals surface area (Å²) in [6.45, 7) is 0. The molecule has 1 amide bonds. The van der Waals surface area contributed by atoms with Gasteiger partial charge in [-0.15, -0.1) is 11.8 Å². The first-order valence-corrected chi connectivity index (χ1v) is 12.1. The molecule has 32 heavy (non-hydrogen) atoms. The smallest absolute Gasteiger partial charge is 0.374 e. The molecule has 4 rings (SSSR count). The van der Waals surface area contributed by atoms with Crippen LogP contribution >= 0.6 is 50.9 Å². The molecule has 1 aliphatic heterocycles. The van der Waals surface area contributed by atoms with E-state index < -0.39 is 18.2 Å². The van der Waals surface area contributed by atoms with Gasteiger partial charge in [0.2, 0.25) is 5.91 Å². The summed E-state index contributed by atoms with van der Waals surface area (Å²) in [6.07, 6.45) is -3.41. The highest BCUT2D eigenvalue weighted by Crippen LogP contribution is 2.50. The minimum atomic E-state index is -4.75. The minimum absolute atomic E-state index is 0.0484. The van der Waals surface area contributed by atoms with Crippen molar-refractivity contribution >= 4 is 62.5 Å². The summed E-state index contributed by atoms with van der Waals surface area (Å²) in [7, 11) is 0. The van der Waals surface area contributed by atoms with Crippen LogP contribution in [0.15, 0.2) is 50.9 Å². The monoisotopic (exact) mass is 566 g/mol. The number of carbonyl (C=O) groups is 1. The van der Waals surface area contributed by atoms with Crippen molar-refractivity contribution < 1.29 is 22.8 Å². The van der Waals surface area contributed by atoms with Gasteiger partial charge in [-0.2, -0.15) is 13.2 Å². The molecule has 1 fully saturated rings. The molecule has 1 atom stereocenters. The Hall–Kier alpha value is -1.42. The van der Waals surface area contributed by atoms with Crippen molar-refractivity contribution in [3.63, 3.8) is 0 Å². The van der Waals surface area contributed by atoms with Crippen molar-refractivity contribution in [2.45, 2.75) is 35.9 Å². The summed E-state index contributed by atoms with van der Waals surface area (Å²) in [6, 6.07) is 8.85. The van der Waals surface area contributed by atoms with Gasteiger partial charge in [-0.05, 0) is 59.1 Å². The summed E-state index contributed by atoms with van der Waals surface area (Å²) < 4.78 is 43.1. The van der Waals surface area contributed by atoms with Crippen molar-refractivity contribution in [3.8, 4) is 0 Å². The lowest BCUT2D eigenvalue weighted by Gasteiger charge is -2.29. The Labute approximate surface area is 205 Å². The molecule has 1 unspecified atom stereocenters. The maximum absolute atomic E-state index is 14.1. The van der Waals surface area contributed by atoms with Crippen molar-refractivity contribution in [1.82, 2.24) is 5.32 Å². The third-order valence-electron chi connectivity index (χ3n) is 5.20. The maximum Gasteiger partial charge on any atom is 0.435 e. The van der Waals surface area contributed by atoms with E-state index in [0.29, 0.717) is 15.9 Å². The molecule has 0 spiro atoms. The van der Waals surface area contributed by atoms with E-state index in [1.807, 2.05) is 0 Å². The SMILES string of the molecule is O=C(NCSc1ccc(C2=NOC(c3cc(Cl)cc(Cl)c3)(C(F)(F)F)C2)cc1Br)C1CC1. The molecule has 0 saturated heterocycles. The predicted octanol–water partition coefficient (Wildman–Crippen LogP) is 6.91. The zero-order valence-corrected chi connectivity index (χ0v) is 20.2. The molecule has 1 N–H and O–H groups in total. The molecule has 0 aromatic heterocycles. The van der Waals surface area contributed by atoms with Gasteiger partial charge >= 0.3 is 6.18 Å². The van der Waals surface area contributed by atoms with Crippen LogP contribution in [0.4, 0.5) is 13.2 Å². The van der Waals surface area contributed by atoms with Gasteiger partial charge in [-0.25, -0.2) is 0 Å². The Morgan fingerprint density at radius 3 is 2.50 bits per heavy atom. The van der Waals surface area contributed by atoms with Gasteiger partial charge in [0.05, 0.1) is 11.6 Å². The number of nitrogens with zero attached hydrogens (tertiary/aromatic N) is 1. The second kappa shape index (κ2) is 9.08. The van der Waals surface area contributed by atoms with Crippen molar-refractivity contribution in [2.75, 3.05) is 5.88 Å². The lowest BCUT2D eigenvalue weighted by molar-refractivity contribution is -0.275. The van der Waals surface area contributed by atoms with Crippen LogP contribution in [0.25, 0.3) is 0 Å². The summed E-state index contributed by atoms with van der Waals surface area (Å²) in [5.74, 6) is 0.585. The number of nitrogens with one attached hydrogen (secondary N) is 1. The zero-order valence-electron chi connectivity index (χ0n) is 16.3. The van der Waals surface area contributed by atoms with Crippen LogP contribution < -0.4 is 5.32 Å². The Bertz CT molecular complexity index is 1070. The van der Waals surface area contributed by atoms with E-state index in [9.17, 15) is 18.0 Å². The van der Waals surface area contributed by atoms with Gasteiger partial charge in [-0.3, -0.25) is 4.79 Å². The number of amides is 1. The fourth-order valence-electron chi connectivity index (χ4n) is 3.32. The van der Waals surface area contributed by atoms with E-state index in [4.69, 9.17) is 28.0 Å². The van der Waals surface area contributed by atoms with E-state index >= 15 is 0 Å². The molecule has 1 heterocycles. The number of alkyl halides is 3. The van der Waals surface area contributed by atoms with Gasteiger partial charge in [-0.1, -0.05) is 34.4 Å². The van der Waals surface area contributed by atoms with Crippen LogP contribution in [0.1, 0.15) is 30.4 Å². The molecular weight excluding hydrogens is 552 g/mol. The quantitative estimate of drug-likeness (QED) is 0.305. The van der Waals surface area contributed by atoms with Gasteiger partial charge in [0.25, 0.3) is 5.60 Å². The molecule has 1 saturated carbocycles. The molecule has 2 aromatic carbocycles. The molecule has 1 aliphatic carbocycles. The van der Waals surface area contributed by atoms with Crippen LogP contribution in [0.2, 0.25) is 10.0 Å². The van der Waals surface area contributed by atoms with Crippen LogP contribution in [0.5, 0.6) is 0 Å². The van der Waals surface area contributed by atoms with Crippen LogP contribution in [0.3, 0.4) is 0 Å². The summed E-state index contributed by atoms with van der Waals surface area (Å²) in [4.78, 5) is 17.6. The highest BCUT2D eigenvalue weighted by Gasteiger charge is 2.62. The Morgan fingerprint density at radius 1 is 1.22 bits per heavy atom. The first-order valence-electron chi connectivity index (χ1n) is 9.58. The van der Waals surface area contributed by atoms with E-state index in [0.717, 1.165) is 17.7 Å². The summed E-state index contributed by atoms with van der Waals surface area (Å²) in [5, 5.41) is 6.78. The Morgan fingerprint density at radius 2 is 1.91 bits per heavy atom. The number of carbonyl (C=O) groups excluding carboxylic acids is 1. The number of oxime groups is 1. The zero-order chi connectivity index (χ0) is 23.1. The van der Waals surface area contributed by atoms with Crippen LogP contribution in [-0.2, 0) is 15.2 Å².